The Labute approximate surface area is 62.1 Å². The van der Waals surface area contributed by atoms with E-state index in [4.69, 9.17) is 4.74 Å². The SMILES string of the molecule is CCCC12C=CC(CC1)O2. The van der Waals surface area contributed by atoms with Gasteiger partial charge in [-0.05, 0) is 19.3 Å². The average Bonchev–Trinajstić information content (AvgIpc) is 2.46. The van der Waals surface area contributed by atoms with Crippen LogP contribution in [0.4, 0.5) is 0 Å². The second-order valence-electron chi connectivity index (χ2n) is 3.37. The molecule has 56 valence electrons. The Morgan fingerprint density at radius 2 is 2.60 bits per heavy atom. The molecular weight excluding hydrogens is 124 g/mol. The third-order valence-electron chi connectivity index (χ3n) is 2.53. The van der Waals surface area contributed by atoms with Crippen LogP contribution in [0.25, 0.3) is 0 Å². The third kappa shape index (κ3) is 0.807. The van der Waals surface area contributed by atoms with Gasteiger partial charge in [-0.1, -0.05) is 25.5 Å². The van der Waals surface area contributed by atoms with Gasteiger partial charge in [0, 0.05) is 0 Å². The summed E-state index contributed by atoms with van der Waals surface area (Å²) in [6.07, 6.45) is 9.89. The van der Waals surface area contributed by atoms with Gasteiger partial charge < -0.3 is 4.74 Å². The highest BCUT2D eigenvalue weighted by Crippen LogP contribution is 2.40. The van der Waals surface area contributed by atoms with Crippen LogP contribution < -0.4 is 0 Å². The Bertz CT molecular complexity index is 162. The number of hydrogen-bond donors (Lipinski definition) is 0. The van der Waals surface area contributed by atoms with Crippen LogP contribution in [0, 0.1) is 0 Å². The lowest BCUT2D eigenvalue weighted by atomic mass is 9.91. The molecule has 0 aliphatic carbocycles. The lowest BCUT2D eigenvalue weighted by Gasteiger charge is -2.20. The first-order chi connectivity index (χ1) is 4.85. The maximum absolute atomic E-state index is 5.79. The average molecular weight is 138 g/mol. The summed E-state index contributed by atoms with van der Waals surface area (Å²) in [4.78, 5) is 0. The molecule has 2 atom stereocenters. The second-order valence-corrected chi connectivity index (χ2v) is 3.37. The first-order valence-electron chi connectivity index (χ1n) is 4.22. The van der Waals surface area contributed by atoms with E-state index in [2.05, 4.69) is 19.1 Å². The van der Waals surface area contributed by atoms with E-state index in [1.165, 1.54) is 25.7 Å². The molecule has 2 unspecified atom stereocenters. The molecule has 2 rings (SSSR count). The van der Waals surface area contributed by atoms with Crippen molar-refractivity contribution in [1.82, 2.24) is 0 Å². The van der Waals surface area contributed by atoms with Gasteiger partial charge in [0.25, 0.3) is 0 Å². The molecule has 2 aliphatic heterocycles. The van der Waals surface area contributed by atoms with Crippen LogP contribution in [0.2, 0.25) is 0 Å². The van der Waals surface area contributed by atoms with E-state index in [0.29, 0.717) is 6.10 Å². The van der Waals surface area contributed by atoms with Gasteiger partial charge in [0.1, 0.15) is 0 Å². The van der Waals surface area contributed by atoms with Gasteiger partial charge in [0.2, 0.25) is 0 Å². The van der Waals surface area contributed by atoms with Crippen molar-refractivity contribution in [3.63, 3.8) is 0 Å². The first kappa shape index (κ1) is 6.41. The van der Waals surface area contributed by atoms with E-state index in [0.717, 1.165) is 0 Å². The number of fused-ring (bicyclic) bond motifs is 2. The highest BCUT2D eigenvalue weighted by Gasteiger charge is 2.40. The van der Waals surface area contributed by atoms with Crippen molar-refractivity contribution in [1.29, 1.82) is 0 Å². The van der Waals surface area contributed by atoms with Crippen molar-refractivity contribution in [2.24, 2.45) is 0 Å². The molecule has 1 saturated heterocycles. The molecular formula is C9H14O. The van der Waals surface area contributed by atoms with Crippen LogP contribution >= 0.6 is 0 Å². The summed E-state index contributed by atoms with van der Waals surface area (Å²) in [6.45, 7) is 2.22. The summed E-state index contributed by atoms with van der Waals surface area (Å²) in [6, 6.07) is 0. The molecule has 10 heavy (non-hydrogen) atoms. The lowest BCUT2D eigenvalue weighted by molar-refractivity contribution is 0.0256. The van der Waals surface area contributed by atoms with Crippen LogP contribution in [-0.2, 0) is 4.74 Å². The van der Waals surface area contributed by atoms with Crippen molar-refractivity contribution in [2.75, 3.05) is 0 Å². The lowest BCUT2D eigenvalue weighted by Crippen LogP contribution is -2.21. The van der Waals surface area contributed by atoms with E-state index >= 15 is 0 Å². The Hall–Kier alpha value is -0.300. The van der Waals surface area contributed by atoms with E-state index in [9.17, 15) is 0 Å². The minimum Gasteiger partial charge on any atom is -0.364 e. The molecule has 0 aromatic rings. The molecule has 0 aromatic heterocycles. The molecule has 0 spiro atoms. The monoisotopic (exact) mass is 138 g/mol. The molecule has 0 radical (unpaired) electrons. The first-order valence-corrected chi connectivity index (χ1v) is 4.22. The smallest absolute Gasteiger partial charge is 0.0872 e. The summed E-state index contributed by atoms with van der Waals surface area (Å²) in [5.74, 6) is 0. The van der Waals surface area contributed by atoms with Crippen molar-refractivity contribution >= 4 is 0 Å². The Morgan fingerprint density at radius 1 is 1.70 bits per heavy atom. The molecule has 2 heterocycles. The zero-order chi connectivity index (χ0) is 7.03. The Morgan fingerprint density at radius 3 is 3.00 bits per heavy atom. The van der Waals surface area contributed by atoms with E-state index in [-0.39, 0.29) is 5.60 Å². The van der Waals surface area contributed by atoms with E-state index in [1.807, 2.05) is 0 Å². The molecule has 1 nitrogen and oxygen atoms in total. The minimum absolute atomic E-state index is 0.180. The van der Waals surface area contributed by atoms with Crippen LogP contribution in [0.3, 0.4) is 0 Å². The largest absolute Gasteiger partial charge is 0.364 e. The number of ether oxygens (including phenoxy) is 1. The van der Waals surface area contributed by atoms with Gasteiger partial charge >= 0.3 is 0 Å². The second kappa shape index (κ2) is 2.09. The highest BCUT2D eigenvalue weighted by atomic mass is 16.5. The van der Waals surface area contributed by atoms with Crippen LogP contribution in [0.15, 0.2) is 12.2 Å². The van der Waals surface area contributed by atoms with E-state index < -0.39 is 0 Å². The molecule has 0 saturated carbocycles. The molecule has 0 aromatic carbocycles. The van der Waals surface area contributed by atoms with Crippen molar-refractivity contribution in [3.05, 3.63) is 12.2 Å². The minimum atomic E-state index is 0.180. The van der Waals surface area contributed by atoms with Gasteiger partial charge in [-0.25, -0.2) is 0 Å². The Kier molecular flexibility index (Phi) is 1.34. The molecule has 2 bridgehead atoms. The number of rotatable bonds is 2. The zero-order valence-corrected chi connectivity index (χ0v) is 6.47. The third-order valence-corrected chi connectivity index (χ3v) is 2.53. The molecule has 0 N–H and O–H groups in total. The predicted molar refractivity (Wildman–Crippen MR) is 40.9 cm³/mol. The highest BCUT2D eigenvalue weighted by molar-refractivity contribution is 5.16. The van der Waals surface area contributed by atoms with Crippen LogP contribution in [-0.4, -0.2) is 11.7 Å². The topological polar surface area (TPSA) is 9.23 Å². The maximum Gasteiger partial charge on any atom is 0.0872 e. The summed E-state index contributed by atoms with van der Waals surface area (Å²) >= 11 is 0. The molecule has 2 aliphatic rings. The molecule has 0 amide bonds. The fourth-order valence-electron chi connectivity index (χ4n) is 2.04. The van der Waals surface area contributed by atoms with Crippen molar-refractivity contribution in [2.45, 2.75) is 44.3 Å². The van der Waals surface area contributed by atoms with Crippen LogP contribution in [0.5, 0.6) is 0 Å². The van der Waals surface area contributed by atoms with Crippen molar-refractivity contribution in [3.8, 4) is 0 Å². The predicted octanol–water partition coefficient (Wildman–Crippen LogP) is 2.27. The van der Waals surface area contributed by atoms with E-state index in [1.54, 1.807) is 0 Å². The summed E-state index contributed by atoms with van der Waals surface area (Å²) in [5, 5.41) is 0. The molecule has 1 heteroatoms. The van der Waals surface area contributed by atoms with Gasteiger partial charge in [-0.2, -0.15) is 0 Å². The zero-order valence-electron chi connectivity index (χ0n) is 6.47. The van der Waals surface area contributed by atoms with Crippen molar-refractivity contribution < 1.29 is 4.74 Å². The van der Waals surface area contributed by atoms with Gasteiger partial charge in [-0.3, -0.25) is 0 Å². The standard InChI is InChI=1S/C9H14O/c1-2-5-9-6-3-8(10-9)4-7-9/h3,6,8H,2,4-5,7H2,1H3. The fraction of sp³-hybridized carbons (Fsp3) is 0.778. The maximum atomic E-state index is 5.79. The summed E-state index contributed by atoms with van der Waals surface area (Å²) < 4.78 is 5.79. The van der Waals surface area contributed by atoms with Gasteiger partial charge in [0.15, 0.2) is 0 Å². The fourth-order valence-corrected chi connectivity index (χ4v) is 2.04. The summed E-state index contributed by atoms with van der Waals surface area (Å²) in [5.41, 5.74) is 0.180. The van der Waals surface area contributed by atoms with Crippen LogP contribution in [0.1, 0.15) is 32.6 Å². The van der Waals surface area contributed by atoms with Gasteiger partial charge in [-0.15, -0.1) is 0 Å². The quantitative estimate of drug-likeness (QED) is 0.532. The van der Waals surface area contributed by atoms with Gasteiger partial charge in [0.05, 0.1) is 11.7 Å². The Balaban J connectivity index is 2.09. The molecule has 1 fully saturated rings. The number of hydrogen-bond acceptors (Lipinski definition) is 1. The summed E-state index contributed by atoms with van der Waals surface area (Å²) in [7, 11) is 0. The normalized spacial score (nSPS) is 43.1.